The van der Waals surface area contributed by atoms with Gasteiger partial charge >= 0.3 is 5.97 Å². The van der Waals surface area contributed by atoms with E-state index in [0.29, 0.717) is 16.8 Å². The number of nitrogens with one attached hydrogen (secondary N) is 1. The van der Waals surface area contributed by atoms with Crippen LogP contribution in [0.15, 0.2) is 35.4 Å². The Morgan fingerprint density at radius 1 is 1.33 bits per heavy atom. The summed E-state index contributed by atoms with van der Waals surface area (Å²) in [6.45, 7) is 3.61. The largest absolute Gasteiger partial charge is 0.481 e. The van der Waals surface area contributed by atoms with E-state index in [1.807, 2.05) is 13.8 Å². The lowest BCUT2D eigenvalue weighted by molar-refractivity contribution is -0.142. The van der Waals surface area contributed by atoms with Gasteiger partial charge in [0.05, 0.1) is 16.5 Å². The molecule has 8 heteroatoms. The smallest absolute Gasteiger partial charge is 0.307 e. The highest BCUT2D eigenvalue weighted by Crippen LogP contribution is 2.26. The van der Waals surface area contributed by atoms with Gasteiger partial charge in [0, 0.05) is 18.1 Å². The number of halogens is 1. The molecule has 2 aromatic rings. The van der Waals surface area contributed by atoms with Crippen molar-refractivity contribution in [3.63, 3.8) is 0 Å². The molecule has 0 spiro atoms. The number of carboxylic acid groups (broad SMARTS) is 1. The number of nitrogens with zero attached hydrogens (tertiary/aromatic N) is 1. The predicted octanol–water partition coefficient (Wildman–Crippen LogP) is 2.91. The number of aromatic nitrogens is 1. The van der Waals surface area contributed by atoms with Crippen LogP contribution in [-0.4, -0.2) is 31.0 Å². The van der Waals surface area contributed by atoms with Gasteiger partial charge in [-0.25, -0.2) is 13.1 Å². The van der Waals surface area contributed by atoms with Crippen molar-refractivity contribution in [1.82, 2.24) is 9.71 Å². The van der Waals surface area contributed by atoms with Crippen LogP contribution in [0.1, 0.15) is 20.3 Å². The Morgan fingerprint density at radius 3 is 2.67 bits per heavy atom. The minimum absolute atomic E-state index is 0.0174. The van der Waals surface area contributed by atoms with Crippen LogP contribution in [0.2, 0.25) is 5.02 Å². The molecule has 6 nitrogen and oxygen atoms in total. The third-order valence-corrected chi connectivity index (χ3v) is 5.38. The minimum Gasteiger partial charge on any atom is -0.481 e. The second kappa shape index (κ2) is 7.46. The normalized spacial score (nSPS) is 13.3. The molecule has 1 aromatic heterocycles. The number of carbonyl (C=O) groups is 1. The van der Waals surface area contributed by atoms with Gasteiger partial charge in [0.15, 0.2) is 0 Å². The molecular formula is C16H19ClN2O4S. The maximum Gasteiger partial charge on any atom is 0.307 e. The number of para-hydroxylation sites is 1. The zero-order valence-corrected chi connectivity index (χ0v) is 14.9. The molecule has 1 aromatic carbocycles. The van der Waals surface area contributed by atoms with Gasteiger partial charge in [0.1, 0.15) is 4.90 Å². The average molecular weight is 371 g/mol. The Morgan fingerprint density at radius 2 is 2.04 bits per heavy atom. The fourth-order valence-electron chi connectivity index (χ4n) is 2.46. The zero-order valence-electron chi connectivity index (χ0n) is 13.4. The summed E-state index contributed by atoms with van der Waals surface area (Å²) in [6.07, 6.45) is 1.82. The second-order valence-corrected chi connectivity index (χ2v) is 8.10. The van der Waals surface area contributed by atoms with Gasteiger partial charge < -0.3 is 5.11 Å². The van der Waals surface area contributed by atoms with E-state index in [1.54, 1.807) is 18.2 Å². The summed E-state index contributed by atoms with van der Waals surface area (Å²) in [7, 11) is -3.90. The minimum atomic E-state index is -3.90. The Balaban J connectivity index is 2.31. The first-order valence-electron chi connectivity index (χ1n) is 7.48. The van der Waals surface area contributed by atoms with Crippen LogP contribution >= 0.6 is 11.6 Å². The van der Waals surface area contributed by atoms with E-state index in [-0.39, 0.29) is 22.9 Å². The van der Waals surface area contributed by atoms with E-state index in [9.17, 15) is 18.3 Å². The fourth-order valence-corrected chi connectivity index (χ4v) is 3.92. The summed E-state index contributed by atoms with van der Waals surface area (Å²) in [5.74, 6) is -1.66. The first-order chi connectivity index (χ1) is 11.2. The van der Waals surface area contributed by atoms with Crippen LogP contribution in [0, 0.1) is 11.8 Å². The lowest BCUT2D eigenvalue weighted by Gasteiger charge is -2.16. The highest BCUT2D eigenvalue weighted by molar-refractivity contribution is 7.89. The highest BCUT2D eigenvalue weighted by Gasteiger charge is 2.24. The molecule has 0 aliphatic heterocycles. The quantitative estimate of drug-likeness (QED) is 0.781. The van der Waals surface area contributed by atoms with Crippen LogP contribution in [0.3, 0.4) is 0 Å². The van der Waals surface area contributed by atoms with E-state index < -0.39 is 21.9 Å². The summed E-state index contributed by atoms with van der Waals surface area (Å²) >= 11 is 6.07. The van der Waals surface area contributed by atoms with E-state index in [4.69, 9.17) is 11.6 Å². The van der Waals surface area contributed by atoms with Crippen molar-refractivity contribution in [2.45, 2.75) is 25.2 Å². The lowest BCUT2D eigenvalue weighted by atomic mass is 9.98. The third-order valence-electron chi connectivity index (χ3n) is 3.60. The van der Waals surface area contributed by atoms with Crippen molar-refractivity contribution in [1.29, 1.82) is 0 Å². The molecule has 1 unspecified atom stereocenters. The van der Waals surface area contributed by atoms with Crippen molar-refractivity contribution in [3.05, 3.63) is 35.5 Å². The zero-order chi connectivity index (χ0) is 17.9. The molecule has 0 saturated carbocycles. The fraction of sp³-hybridized carbons (Fsp3) is 0.375. The van der Waals surface area contributed by atoms with Gasteiger partial charge in [0.25, 0.3) is 0 Å². The molecule has 0 aliphatic carbocycles. The second-order valence-electron chi connectivity index (χ2n) is 5.96. The van der Waals surface area contributed by atoms with Crippen LogP contribution in [0.5, 0.6) is 0 Å². The van der Waals surface area contributed by atoms with Crippen LogP contribution in [0.4, 0.5) is 0 Å². The SMILES string of the molecule is CC(C)CC(CNS(=O)(=O)c1cccc2c(Cl)ccnc12)C(=O)O. The molecule has 0 fully saturated rings. The first-order valence-corrected chi connectivity index (χ1v) is 9.34. The molecule has 130 valence electrons. The van der Waals surface area contributed by atoms with Gasteiger partial charge in [-0.3, -0.25) is 9.78 Å². The van der Waals surface area contributed by atoms with E-state index in [0.717, 1.165) is 0 Å². The van der Waals surface area contributed by atoms with Gasteiger partial charge in [-0.05, 0) is 24.5 Å². The molecule has 2 rings (SSSR count). The number of carboxylic acids is 1. The van der Waals surface area contributed by atoms with E-state index >= 15 is 0 Å². The Kier molecular flexibility index (Phi) is 5.79. The number of benzene rings is 1. The summed E-state index contributed by atoms with van der Waals surface area (Å²) in [6, 6.07) is 6.26. The lowest BCUT2D eigenvalue weighted by Crippen LogP contribution is -2.33. The molecule has 0 bridgehead atoms. The van der Waals surface area contributed by atoms with Crippen molar-refractivity contribution in [3.8, 4) is 0 Å². The Bertz CT molecular complexity index is 852. The number of sulfonamides is 1. The molecule has 1 atom stereocenters. The topological polar surface area (TPSA) is 96.4 Å². The summed E-state index contributed by atoms with van der Waals surface area (Å²) in [5, 5.41) is 10.2. The van der Waals surface area contributed by atoms with Crippen LogP contribution in [-0.2, 0) is 14.8 Å². The van der Waals surface area contributed by atoms with Crippen LogP contribution < -0.4 is 4.72 Å². The predicted molar refractivity (Wildman–Crippen MR) is 92.5 cm³/mol. The molecule has 1 heterocycles. The van der Waals surface area contributed by atoms with Crippen molar-refractivity contribution < 1.29 is 18.3 Å². The third kappa shape index (κ3) is 4.23. The van der Waals surface area contributed by atoms with Gasteiger partial charge in [0.2, 0.25) is 10.0 Å². The van der Waals surface area contributed by atoms with E-state index in [2.05, 4.69) is 9.71 Å². The number of aliphatic carboxylic acids is 1. The summed E-state index contributed by atoms with van der Waals surface area (Å²) < 4.78 is 27.5. The van der Waals surface area contributed by atoms with Crippen molar-refractivity contribution in [2.24, 2.45) is 11.8 Å². The van der Waals surface area contributed by atoms with Gasteiger partial charge in [-0.1, -0.05) is 37.6 Å². The maximum atomic E-state index is 12.6. The molecule has 0 aliphatic rings. The van der Waals surface area contributed by atoms with Gasteiger partial charge in [-0.2, -0.15) is 0 Å². The van der Waals surface area contributed by atoms with Crippen LogP contribution in [0.25, 0.3) is 10.9 Å². The number of hydrogen-bond donors (Lipinski definition) is 2. The molecule has 0 radical (unpaired) electrons. The molecule has 0 saturated heterocycles. The molecule has 24 heavy (non-hydrogen) atoms. The number of rotatable bonds is 7. The maximum absolute atomic E-state index is 12.6. The number of pyridine rings is 1. The summed E-state index contributed by atoms with van der Waals surface area (Å²) in [5.41, 5.74) is 0.258. The number of fused-ring (bicyclic) bond motifs is 1. The monoisotopic (exact) mass is 370 g/mol. The average Bonchev–Trinajstić information content (AvgIpc) is 2.50. The molecule has 2 N–H and O–H groups in total. The van der Waals surface area contributed by atoms with Crippen molar-refractivity contribution >= 4 is 38.5 Å². The molecule has 0 amide bonds. The summed E-state index contributed by atoms with van der Waals surface area (Å²) in [4.78, 5) is 15.4. The van der Waals surface area contributed by atoms with Gasteiger partial charge in [-0.15, -0.1) is 0 Å². The molecular weight excluding hydrogens is 352 g/mol. The first kappa shape index (κ1) is 18.6. The van der Waals surface area contributed by atoms with E-state index in [1.165, 1.54) is 12.3 Å². The van der Waals surface area contributed by atoms with Crippen molar-refractivity contribution in [2.75, 3.05) is 6.54 Å². The highest BCUT2D eigenvalue weighted by atomic mass is 35.5. The Labute approximate surface area is 145 Å². The standard InChI is InChI=1S/C16H19ClN2O4S/c1-10(2)8-11(16(20)21)9-19-24(22,23)14-5-3-4-12-13(17)6-7-18-15(12)14/h3-7,10-11,19H,8-9H2,1-2H3,(H,20,21). The Hall–Kier alpha value is -1.70. The number of hydrogen-bond acceptors (Lipinski definition) is 4.